The Bertz CT molecular complexity index is 291. The number of carbonyl (C=O) groups excluding carboxylic acids is 2. The molecule has 0 fully saturated rings. The van der Waals surface area contributed by atoms with Gasteiger partial charge in [-0.05, 0) is 5.92 Å². The Morgan fingerprint density at radius 3 is 2.29 bits per heavy atom. The molecule has 0 aromatic carbocycles. The maximum atomic E-state index is 11.4. The quantitative estimate of drug-likeness (QED) is 0.593. The lowest BCUT2D eigenvalue weighted by atomic mass is 9.99. The number of carboxylic acids is 1. The first-order valence-electron chi connectivity index (χ1n) is 5.65. The van der Waals surface area contributed by atoms with E-state index in [1.54, 1.807) is 6.92 Å². The molecule has 0 saturated heterocycles. The smallest absolute Gasteiger partial charge is 0.326 e. The number of amides is 2. The molecule has 2 atom stereocenters. The highest BCUT2D eigenvalue weighted by Gasteiger charge is 2.24. The second-order valence-electron chi connectivity index (χ2n) is 4.00. The molecule has 0 rings (SSSR count). The second-order valence-corrected chi connectivity index (χ2v) is 4.00. The van der Waals surface area contributed by atoms with Crippen LogP contribution in [0.5, 0.6) is 0 Å². The van der Waals surface area contributed by atoms with Gasteiger partial charge in [0.15, 0.2) is 0 Å². The van der Waals surface area contributed by atoms with Crippen molar-refractivity contribution in [3.63, 3.8) is 0 Å². The molecule has 0 aliphatic rings. The van der Waals surface area contributed by atoms with Crippen molar-refractivity contribution < 1.29 is 19.5 Å². The van der Waals surface area contributed by atoms with Crippen molar-refractivity contribution in [3.8, 4) is 0 Å². The Hall–Kier alpha value is -1.59. The fourth-order valence-electron chi connectivity index (χ4n) is 1.28. The third-order valence-corrected chi connectivity index (χ3v) is 2.52. The van der Waals surface area contributed by atoms with Crippen molar-refractivity contribution in [1.82, 2.24) is 10.6 Å². The lowest BCUT2D eigenvalue weighted by molar-refractivity contribution is -0.143. The molecule has 0 aliphatic heterocycles. The van der Waals surface area contributed by atoms with Gasteiger partial charge in [-0.2, -0.15) is 0 Å². The molecule has 6 heteroatoms. The van der Waals surface area contributed by atoms with Crippen LogP contribution < -0.4 is 10.6 Å². The van der Waals surface area contributed by atoms with Gasteiger partial charge in [0.1, 0.15) is 6.04 Å². The zero-order chi connectivity index (χ0) is 13.4. The minimum absolute atomic E-state index is 0.0831. The number of nitrogens with one attached hydrogen (secondary N) is 2. The molecule has 0 heterocycles. The Kier molecular flexibility index (Phi) is 6.93. The molecule has 3 N–H and O–H groups in total. The fraction of sp³-hybridized carbons (Fsp3) is 0.727. The van der Waals surface area contributed by atoms with Crippen molar-refractivity contribution in [3.05, 3.63) is 0 Å². The molecule has 98 valence electrons. The molecule has 0 spiro atoms. The summed E-state index contributed by atoms with van der Waals surface area (Å²) in [5, 5.41) is 13.9. The average Bonchev–Trinajstić information content (AvgIpc) is 2.24. The van der Waals surface area contributed by atoms with Crippen LogP contribution in [0.25, 0.3) is 0 Å². The fourth-order valence-corrected chi connectivity index (χ4v) is 1.28. The Morgan fingerprint density at radius 1 is 1.29 bits per heavy atom. The highest BCUT2D eigenvalue weighted by molar-refractivity contribution is 5.84. The summed E-state index contributed by atoms with van der Waals surface area (Å²) in [5.74, 6) is -1.74. The summed E-state index contributed by atoms with van der Waals surface area (Å²) in [4.78, 5) is 32.9. The van der Waals surface area contributed by atoms with Crippen LogP contribution in [-0.4, -0.2) is 35.5 Å². The van der Waals surface area contributed by atoms with Gasteiger partial charge in [0, 0.05) is 19.9 Å². The normalized spacial score (nSPS) is 13.6. The minimum atomic E-state index is -1.03. The molecule has 6 nitrogen and oxygen atoms in total. The predicted molar refractivity (Wildman–Crippen MR) is 62.3 cm³/mol. The van der Waals surface area contributed by atoms with Gasteiger partial charge in [-0.1, -0.05) is 20.3 Å². The van der Waals surface area contributed by atoms with Gasteiger partial charge < -0.3 is 15.7 Å². The largest absolute Gasteiger partial charge is 0.480 e. The van der Waals surface area contributed by atoms with E-state index in [2.05, 4.69) is 10.6 Å². The van der Waals surface area contributed by atoms with E-state index >= 15 is 0 Å². The van der Waals surface area contributed by atoms with Gasteiger partial charge in [-0.15, -0.1) is 0 Å². The summed E-state index contributed by atoms with van der Waals surface area (Å²) >= 11 is 0. The van der Waals surface area contributed by atoms with Crippen molar-refractivity contribution in [2.45, 2.75) is 39.7 Å². The number of aliphatic carboxylic acids is 1. The molecule has 0 saturated carbocycles. The molecule has 0 unspecified atom stereocenters. The first kappa shape index (κ1) is 15.4. The molecule has 0 bridgehead atoms. The van der Waals surface area contributed by atoms with Gasteiger partial charge in [0.2, 0.25) is 11.8 Å². The molecular weight excluding hydrogens is 224 g/mol. The van der Waals surface area contributed by atoms with Crippen molar-refractivity contribution >= 4 is 17.8 Å². The number of hydrogen-bond acceptors (Lipinski definition) is 3. The van der Waals surface area contributed by atoms with Crippen LogP contribution in [0.3, 0.4) is 0 Å². The van der Waals surface area contributed by atoms with E-state index in [9.17, 15) is 14.4 Å². The van der Waals surface area contributed by atoms with E-state index in [4.69, 9.17) is 5.11 Å². The zero-order valence-electron chi connectivity index (χ0n) is 10.4. The van der Waals surface area contributed by atoms with Gasteiger partial charge >= 0.3 is 5.97 Å². The highest BCUT2D eigenvalue weighted by atomic mass is 16.4. The van der Waals surface area contributed by atoms with E-state index in [1.807, 2.05) is 6.92 Å². The molecule has 0 aromatic rings. The first-order chi connectivity index (χ1) is 7.88. The van der Waals surface area contributed by atoms with Crippen molar-refractivity contribution in [2.75, 3.05) is 6.54 Å². The SMILES string of the molecule is CC[C@H](C)[C@H](NC(=O)CCNC(C)=O)C(=O)O. The van der Waals surface area contributed by atoms with E-state index in [1.165, 1.54) is 6.92 Å². The van der Waals surface area contributed by atoms with E-state index in [0.29, 0.717) is 6.42 Å². The molecule has 0 aliphatic carbocycles. The molecule has 17 heavy (non-hydrogen) atoms. The monoisotopic (exact) mass is 244 g/mol. The number of carbonyl (C=O) groups is 3. The average molecular weight is 244 g/mol. The standard InChI is InChI=1S/C11H20N2O4/c1-4-7(2)10(11(16)17)13-9(15)5-6-12-8(3)14/h7,10H,4-6H2,1-3H3,(H,12,14)(H,13,15)(H,16,17)/t7-,10-/m0/s1. The first-order valence-corrected chi connectivity index (χ1v) is 5.65. The van der Waals surface area contributed by atoms with Crippen LogP contribution in [-0.2, 0) is 14.4 Å². The van der Waals surface area contributed by atoms with Crippen LogP contribution >= 0.6 is 0 Å². The summed E-state index contributed by atoms with van der Waals surface area (Å²) in [6, 6.07) is -0.871. The summed E-state index contributed by atoms with van der Waals surface area (Å²) in [6.45, 7) is 5.21. The Balaban J connectivity index is 4.13. The molecule has 2 amide bonds. The van der Waals surface area contributed by atoms with Crippen molar-refractivity contribution in [2.24, 2.45) is 5.92 Å². The van der Waals surface area contributed by atoms with Gasteiger partial charge in [0.05, 0.1) is 0 Å². The van der Waals surface area contributed by atoms with Crippen LogP contribution in [0, 0.1) is 5.92 Å². The van der Waals surface area contributed by atoms with Crippen LogP contribution in [0.1, 0.15) is 33.6 Å². The third-order valence-electron chi connectivity index (χ3n) is 2.52. The number of carboxylic acid groups (broad SMARTS) is 1. The third kappa shape index (κ3) is 6.55. The van der Waals surface area contributed by atoms with Crippen LogP contribution in [0.4, 0.5) is 0 Å². The summed E-state index contributed by atoms with van der Waals surface area (Å²) in [7, 11) is 0. The summed E-state index contributed by atoms with van der Waals surface area (Å²) < 4.78 is 0. The predicted octanol–water partition coefficient (Wildman–Crippen LogP) is 0.128. The van der Waals surface area contributed by atoms with E-state index < -0.39 is 12.0 Å². The van der Waals surface area contributed by atoms with Gasteiger partial charge in [-0.25, -0.2) is 4.79 Å². The van der Waals surface area contributed by atoms with E-state index in [-0.39, 0.29) is 30.7 Å². The summed E-state index contributed by atoms with van der Waals surface area (Å²) in [6.07, 6.45) is 0.753. The molecule has 0 radical (unpaired) electrons. The van der Waals surface area contributed by atoms with E-state index in [0.717, 1.165) is 0 Å². The van der Waals surface area contributed by atoms with Crippen molar-refractivity contribution in [1.29, 1.82) is 0 Å². The topological polar surface area (TPSA) is 95.5 Å². The minimum Gasteiger partial charge on any atom is -0.480 e. The maximum absolute atomic E-state index is 11.4. The Labute approximate surface area is 101 Å². The van der Waals surface area contributed by atoms with Gasteiger partial charge in [-0.3, -0.25) is 9.59 Å². The molecule has 0 aromatic heterocycles. The molecular formula is C11H20N2O4. The highest BCUT2D eigenvalue weighted by Crippen LogP contribution is 2.07. The van der Waals surface area contributed by atoms with Crippen LogP contribution in [0.2, 0.25) is 0 Å². The number of hydrogen-bond donors (Lipinski definition) is 3. The summed E-state index contributed by atoms with van der Waals surface area (Å²) in [5.41, 5.74) is 0. The lowest BCUT2D eigenvalue weighted by Gasteiger charge is -2.20. The lowest BCUT2D eigenvalue weighted by Crippen LogP contribution is -2.45. The Morgan fingerprint density at radius 2 is 1.88 bits per heavy atom. The second kappa shape index (κ2) is 7.65. The van der Waals surface area contributed by atoms with Crippen LogP contribution in [0.15, 0.2) is 0 Å². The van der Waals surface area contributed by atoms with Gasteiger partial charge in [0.25, 0.3) is 0 Å². The zero-order valence-corrected chi connectivity index (χ0v) is 10.4. The maximum Gasteiger partial charge on any atom is 0.326 e. The number of rotatable bonds is 7.